The third-order valence-corrected chi connectivity index (χ3v) is 2.82. The number of aromatic nitrogens is 1. The predicted octanol–water partition coefficient (Wildman–Crippen LogP) is 3.22. The first-order valence-electron chi connectivity index (χ1n) is 6.72. The summed E-state index contributed by atoms with van der Waals surface area (Å²) in [6, 6.07) is 5.28. The number of amides is 1. The van der Waals surface area contributed by atoms with Crippen LogP contribution in [0, 0.1) is 0 Å². The molecule has 2 rings (SSSR count). The lowest BCUT2D eigenvalue weighted by Crippen LogP contribution is -2.23. The molecule has 1 aromatic carbocycles. The zero-order valence-corrected chi connectivity index (χ0v) is 13.6. The normalized spacial score (nSPS) is 12.8. The summed E-state index contributed by atoms with van der Waals surface area (Å²) >= 11 is 0. The fraction of sp³-hybridized carbons (Fsp3) is 0.467. The Bertz CT molecular complexity index is 629. The Labute approximate surface area is 130 Å². The van der Waals surface area contributed by atoms with E-state index in [0.29, 0.717) is 18.0 Å². The van der Waals surface area contributed by atoms with E-state index in [0.717, 1.165) is 11.1 Å². The van der Waals surface area contributed by atoms with Crippen molar-refractivity contribution in [3.63, 3.8) is 0 Å². The average molecular weight is 312 g/mol. The highest BCUT2D eigenvalue weighted by Gasteiger charge is 2.21. The largest absolute Gasteiger partial charge is 0.440 e. The Morgan fingerprint density at radius 2 is 2.10 bits per heavy atom. The van der Waals surface area contributed by atoms with Crippen LogP contribution >= 0.6 is 12.4 Å². The zero-order chi connectivity index (χ0) is 14.9. The molecule has 0 saturated heterocycles. The molecule has 3 N–H and O–H groups in total. The lowest BCUT2D eigenvalue weighted by atomic mass is 9.97. The Morgan fingerprint density at radius 1 is 1.43 bits per heavy atom. The molecular formula is C15H22ClN3O2. The van der Waals surface area contributed by atoms with E-state index in [1.807, 2.05) is 32.9 Å². The van der Waals surface area contributed by atoms with Crippen LogP contribution in [-0.2, 0) is 10.2 Å². The van der Waals surface area contributed by atoms with Crippen molar-refractivity contribution < 1.29 is 9.21 Å². The molecule has 1 heterocycles. The lowest BCUT2D eigenvalue weighted by Gasteiger charge is -2.11. The van der Waals surface area contributed by atoms with Crippen LogP contribution in [0.25, 0.3) is 11.1 Å². The highest BCUT2D eigenvalue weighted by Crippen LogP contribution is 2.27. The van der Waals surface area contributed by atoms with Crippen LogP contribution in [-0.4, -0.2) is 16.9 Å². The summed E-state index contributed by atoms with van der Waals surface area (Å²) in [6.07, 6.45) is 0.296. The first kappa shape index (κ1) is 17.5. The Morgan fingerprint density at radius 3 is 2.67 bits per heavy atom. The van der Waals surface area contributed by atoms with Crippen LogP contribution in [0.4, 0.5) is 5.69 Å². The number of nitrogens with two attached hydrogens (primary N) is 1. The minimum absolute atomic E-state index is 0. The molecule has 2 aromatic rings. The lowest BCUT2D eigenvalue weighted by molar-refractivity contribution is -0.116. The van der Waals surface area contributed by atoms with E-state index in [1.54, 1.807) is 13.0 Å². The molecule has 6 heteroatoms. The monoisotopic (exact) mass is 311 g/mol. The molecule has 0 fully saturated rings. The summed E-state index contributed by atoms with van der Waals surface area (Å²) in [4.78, 5) is 16.2. The second-order valence-electron chi connectivity index (χ2n) is 6.18. The number of fused-ring (bicyclic) bond motifs is 1. The van der Waals surface area contributed by atoms with Gasteiger partial charge in [0, 0.05) is 23.6 Å². The number of carbonyl (C=O) groups is 1. The fourth-order valence-electron chi connectivity index (χ4n) is 1.83. The first-order valence-corrected chi connectivity index (χ1v) is 6.72. The summed E-state index contributed by atoms with van der Waals surface area (Å²) in [5, 5.41) is 2.81. The Hall–Kier alpha value is -1.59. The van der Waals surface area contributed by atoms with Crippen molar-refractivity contribution in [2.75, 3.05) is 5.32 Å². The number of oxazole rings is 1. The molecule has 0 aliphatic carbocycles. The number of anilines is 1. The quantitative estimate of drug-likeness (QED) is 0.912. The van der Waals surface area contributed by atoms with Crippen LogP contribution in [0.1, 0.15) is 40.0 Å². The molecule has 1 atom stereocenters. The molecule has 0 aliphatic heterocycles. The highest BCUT2D eigenvalue weighted by atomic mass is 35.5. The van der Waals surface area contributed by atoms with E-state index in [1.165, 1.54) is 0 Å². The van der Waals surface area contributed by atoms with E-state index < -0.39 is 0 Å². The van der Waals surface area contributed by atoms with Crippen LogP contribution in [0.5, 0.6) is 0 Å². The summed E-state index contributed by atoms with van der Waals surface area (Å²) in [6.45, 7) is 7.94. The van der Waals surface area contributed by atoms with Gasteiger partial charge in [-0.1, -0.05) is 20.8 Å². The number of benzene rings is 1. The summed E-state index contributed by atoms with van der Waals surface area (Å²) in [5.74, 6) is 0.588. The minimum Gasteiger partial charge on any atom is -0.440 e. The van der Waals surface area contributed by atoms with Crippen molar-refractivity contribution in [1.29, 1.82) is 0 Å². The number of hydrogen-bond acceptors (Lipinski definition) is 4. The average Bonchev–Trinajstić information content (AvgIpc) is 2.70. The minimum atomic E-state index is -0.154. The smallest absolute Gasteiger partial charge is 0.225 e. The summed E-state index contributed by atoms with van der Waals surface area (Å²) in [5.41, 5.74) is 7.63. The maximum atomic E-state index is 11.7. The van der Waals surface area contributed by atoms with Gasteiger partial charge in [0.2, 0.25) is 11.8 Å². The van der Waals surface area contributed by atoms with E-state index in [4.69, 9.17) is 10.2 Å². The van der Waals surface area contributed by atoms with Gasteiger partial charge in [0.1, 0.15) is 5.52 Å². The van der Waals surface area contributed by atoms with Gasteiger partial charge in [-0.25, -0.2) is 4.98 Å². The van der Waals surface area contributed by atoms with Crippen molar-refractivity contribution >= 4 is 35.1 Å². The van der Waals surface area contributed by atoms with Crippen LogP contribution in [0.15, 0.2) is 22.6 Å². The number of carbonyl (C=O) groups excluding carboxylic acids is 1. The molecule has 0 saturated carbocycles. The topological polar surface area (TPSA) is 81.2 Å². The molecule has 1 aromatic heterocycles. The number of nitrogens with one attached hydrogen (secondary N) is 1. The summed E-state index contributed by atoms with van der Waals surface area (Å²) < 4.78 is 5.71. The van der Waals surface area contributed by atoms with Gasteiger partial charge in [0.25, 0.3) is 0 Å². The molecule has 1 amide bonds. The van der Waals surface area contributed by atoms with Crippen LogP contribution < -0.4 is 11.1 Å². The molecule has 5 nitrogen and oxygen atoms in total. The van der Waals surface area contributed by atoms with Crippen LogP contribution in [0.2, 0.25) is 0 Å². The van der Waals surface area contributed by atoms with Crippen molar-refractivity contribution in [1.82, 2.24) is 4.98 Å². The molecule has 0 spiro atoms. The molecule has 116 valence electrons. The first-order chi connectivity index (χ1) is 9.25. The van der Waals surface area contributed by atoms with E-state index in [9.17, 15) is 4.79 Å². The highest BCUT2D eigenvalue weighted by molar-refractivity contribution is 5.93. The van der Waals surface area contributed by atoms with Gasteiger partial charge < -0.3 is 15.5 Å². The Kier molecular flexibility index (Phi) is 5.36. The second-order valence-corrected chi connectivity index (χ2v) is 6.18. The molecule has 21 heavy (non-hydrogen) atoms. The molecule has 0 radical (unpaired) electrons. The maximum Gasteiger partial charge on any atom is 0.225 e. The maximum absolute atomic E-state index is 11.7. The van der Waals surface area contributed by atoms with E-state index in [-0.39, 0.29) is 29.8 Å². The predicted molar refractivity (Wildman–Crippen MR) is 86.9 cm³/mol. The van der Waals surface area contributed by atoms with Gasteiger partial charge in [-0.3, -0.25) is 4.79 Å². The van der Waals surface area contributed by atoms with Gasteiger partial charge in [0.15, 0.2) is 5.58 Å². The van der Waals surface area contributed by atoms with Crippen molar-refractivity contribution in [3.05, 3.63) is 24.1 Å². The van der Waals surface area contributed by atoms with E-state index in [2.05, 4.69) is 10.3 Å². The van der Waals surface area contributed by atoms with Crippen molar-refractivity contribution in [2.45, 2.75) is 45.6 Å². The molecule has 1 unspecified atom stereocenters. The zero-order valence-electron chi connectivity index (χ0n) is 12.8. The van der Waals surface area contributed by atoms with Crippen LogP contribution in [0.3, 0.4) is 0 Å². The molecular weight excluding hydrogens is 290 g/mol. The van der Waals surface area contributed by atoms with Gasteiger partial charge in [0.05, 0.1) is 0 Å². The number of rotatable bonds is 3. The van der Waals surface area contributed by atoms with Gasteiger partial charge in [-0.2, -0.15) is 0 Å². The van der Waals surface area contributed by atoms with Gasteiger partial charge in [-0.05, 0) is 25.1 Å². The third kappa shape index (κ3) is 4.44. The number of hydrogen-bond donors (Lipinski definition) is 2. The van der Waals surface area contributed by atoms with Crippen molar-refractivity contribution in [3.8, 4) is 0 Å². The number of halogens is 1. The van der Waals surface area contributed by atoms with Gasteiger partial charge >= 0.3 is 0 Å². The Balaban J connectivity index is 0.00000220. The van der Waals surface area contributed by atoms with Crippen molar-refractivity contribution in [2.24, 2.45) is 5.73 Å². The standard InChI is InChI=1S/C15H21N3O2.ClH/c1-9(16)7-13(19)17-10-5-6-12-11(8-10)18-14(20-12)15(2,3)4;/h5-6,8-9H,7,16H2,1-4H3,(H,17,19);1H. The fourth-order valence-corrected chi connectivity index (χ4v) is 1.83. The van der Waals surface area contributed by atoms with E-state index >= 15 is 0 Å². The molecule has 0 bridgehead atoms. The molecule has 0 aliphatic rings. The SMILES string of the molecule is CC(N)CC(=O)Nc1ccc2oc(C(C)(C)C)nc2c1.Cl. The third-order valence-electron chi connectivity index (χ3n) is 2.82. The van der Waals surface area contributed by atoms with Gasteiger partial charge in [-0.15, -0.1) is 12.4 Å². The second kappa shape index (κ2) is 6.45. The summed E-state index contributed by atoms with van der Waals surface area (Å²) in [7, 11) is 0. The number of nitrogens with zero attached hydrogens (tertiary/aromatic N) is 1.